The van der Waals surface area contributed by atoms with Crippen molar-refractivity contribution in [1.29, 1.82) is 0 Å². The molecule has 16 heavy (non-hydrogen) atoms. The summed E-state index contributed by atoms with van der Waals surface area (Å²) in [6.45, 7) is 2.79. The Morgan fingerprint density at radius 2 is 2.00 bits per heavy atom. The van der Waals surface area contributed by atoms with Crippen LogP contribution in [0.25, 0.3) is 0 Å². The molecular weight excluding hydrogens is 204 g/mol. The number of hydrogen-bond donors (Lipinski definition) is 0. The van der Waals surface area contributed by atoms with Gasteiger partial charge in [-0.2, -0.15) is 0 Å². The fraction of sp³-hybridized carbons (Fsp3) is 0.462. The summed E-state index contributed by atoms with van der Waals surface area (Å²) in [4.78, 5) is 11.8. The zero-order valence-corrected chi connectivity index (χ0v) is 9.81. The molecule has 3 heteroatoms. The largest absolute Gasteiger partial charge is 0.465 e. The van der Waals surface area contributed by atoms with E-state index < -0.39 is 0 Å². The third-order valence-corrected chi connectivity index (χ3v) is 2.27. The van der Waals surface area contributed by atoms with Gasteiger partial charge in [0, 0.05) is 7.11 Å². The quantitative estimate of drug-likeness (QED) is 0.693. The first-order valence-corrected chi connectivity index (χ1v) is 5.50. The van der Waals surface area contributed by atoms with Crippen molar-refractivity contribution in [3.63, 3.8) is 0 Å². The number of benzene rings is 1. The van der Waals surface area contributed by atoms with Crippen molar-refractivity contribution in [2.24, 2.45) is 0 Å². The van der Waals surface area contributed by atoms with E-state index >= 15 is 0 Å². The van der Waals surface area contributed by atoms with Gasteiger partial charge in [-0.05, 0) is 12.0 Å². The fourth-order valence-corrected chi connectivity index (χ4v) is 1.46. The molecule has 0 heterocycles. The molecule has 1 aromatic rings. The van der Waals surface area contributed by atoms with Crippen LogP contribution in [0.5, 0.6) is 0 Å². The maximum Gasteiger partial charge on any atom is 0.315 e. The summed E-state index contributed by atoms with van der Waals surface area (Å²) < 4.78 is 10.2. The summed E-state index contributed by atoms with van der Waals surface area (Å²) in [6, 6.07) is 9.56. The van der Waals surface area contributed by atoms with Gasteiger partial charge >= 0.3 is 5.97 Å². The molecule has 0 aliphatic rings. The van der Waals surface area contributed by atoms with Crippen LogP contribution in [-0.4, -0.2) is 26.3 Å². The van der Waals surface area contributed by atoms with Gasteiger partial charge in [0.1, 0.15) is 5.92 Å². The van der Waals surface area contributed by atoms with Gasteiger partial charge in [0.05, 0.1) is 13.2 Å². The lowest BCUT2D eigenvalue weighted by atomic mass is 10.0. The molecule has 3 nitrogen and oxygen atoms in total. The summed E-state index contributed by atoms with van der Waals surface area (Å²) >= 11 is 0. The maximum atomic E-state index is 11.8. The average Bonchev–Trinajstić information content (AvgIpc) is 2.34. The smallest absolute Gasteiger partial charge is 0.315 e. The number of rotatable bonds is 6. The molecule has 1 atom stereocenters. The highest BCUT2D eigenvalue weighted by Gasteiger charge is 2.21. The highest BCUT2D eigenvalue weighted by Crippen LogP contribution is 2.17. The lowest BCUT2D eigenvalue weighted by Gasteiger charge is -2.15. The second-order valence-electron chi connectivity index (χ2n) is 3.59. The van der Waals surface area contributed by atoms with Gasteiger partial charge in [-0.1, -0.05) is 37.3 Å². The molecule has 0 N–H and O–H groups in total. The zero-order chi connectivity index (χ0) is 11.8. The fourth-order valence-electron chi connectivity index (χ4n) is 1.46. The monoisotopic (exact) mass is 222 g/mol. The Balaban J connectivity index is 2.71. The number of hydrogen-bond acceptors (Lipinski definition) is 3. The Hall–Kier alpha value is -1.35. The van der Waals surface area contributed by atoms with E-state index in [1.807, 2.05) is 37.3 Å². The van der Waals surface area contributed by atoms with Gasteiger partial charge in [-0.3, -0.25) is 4.79 Å². The molecule has 0 aromatic heterocycles. The van der Waals surface area contributed by atoms with E-state index in [-0.39, 0.29) is 11.9 Å². The molecule has 0 saturated carbocycles. The van der Waals surface area contributed by atoms with Crippen molar-refractivity contribution >= 4 is 5.97 Å². The minimum absolute atomic E-state index is 0.213. The molecule has 0 aliphatic carbocycles. The van der Waals surface area contributed by atoms with E-state index in [0.717, 1.165) is 12.0 Å². The van der Waals surface area contributed by atoms with Crippen molar-refractivity contribution in [2.45, 2.75) is 19.3 Å². The summed E-state index contributed by atoms with van der Waals surface area (Å²) in [5.41, 5.74) is 0.936. The lowest BCUT2D eigenvalue weighted by Crippen LogP contribution is -2.20. The van der Waals surface area contributed by atoms with Crippen molar-refractivity contribution in [3.8, 4) is 0 Å². The van der Waals surface area contributed by atoms with Crippen molar-refractivity contribution in [3.05, 3.63) is 35.9 Å². The number of carbonyl (C=O) groups excluding carboxylic acids is 1. The summed E-state index contributed by atoms with van der Waals surface area (Å²) in [5, 5.41) is 0. The number of carbonyl (C=O) groups is 1. The molecular formula is C13H18O3. The highest BCUT2D eigenvalue weighted by atomic mass is 16.5. The van der Waals surface area contributed by atoms with Gasteiger partial charge in [0.2, 0.25) is 0 Å². The van der Waals surface area contributed by atoms with Crippen LogP contribution in [0.4, 0.5) is 0 Å². The summed E-state index contributed by atoms with van der Waals surface area (Å²) in [7, 11) is 1.59. The Morgan fingerprint density at radius 1 is 1.31 bits per heavy atom. The predicted molar refractivity (Wildman–Crippen MR) is 62.3 cm³/mol. The second-order valence-corrected chi connectivity index (χ2v) is 3.59. The average molecular weight is 222 g/mol. The van der Waals surface area contributed by atoms with Crippen LogP contribution < -0.4 is 0 Å². The van der Waals surface area contributed by atoms with Crippen molar-refractivity contribution in [1.82, 2.24) is 0 Å². The summed E-state index contributed by atoms with van der Waals surface area (Å²) in [6.07, 6.45) is 0.834. The predicted octanol–water partition coefficient (Wildman–Crippen LogP) is 2.37. The van der Waals surface area contributed by atoms with Crippen LogP contribution in [0.3, 0.4) is 0 Å². The van der Waals surface area contributed by atoms with Gasteiger partial charge in [-0.15, -0.1) is 0 Å². The SMILES string of the molecule is CCCOC(=O)C(COC)c1ccccc1. The van der Waals surface area contributed by atoms with E-state index in [0.29, 0.717) is 13.2 Å². The number of methoxy groups -OCH3 is 1. The van der Waals surface area contributed by atoms with Crippen LogP contribution in [0.1, 0.15) is 24.8 Å². The Morgan fingerprint density at radius 3 is 2.56 bits per heavy atom. The molecule has 0 bridgehead atoms. The molecule has 88 valence electrons. The standard InChI is InChI=1S/C13H18O3/c1-3-9-16-13(14)12(10-15-2)11-7-5-4-6-8-11/h4-8,12H,3,9-10H2,1-2H3. The van der Waals surface area contributed by atoms with Crippen LogP contribution in [0.15, 0.2) is 30.3 Å². The maximum absolute atomic E-state index is 11.8. The molecule has 1 aromatic carbocycles. The summed E-state index contributed by atoms with van der Waals surface area (Å²) in [5.74, 6) is -0.535. The first-order chi connectivity index (χ1) is 7.79. The second kappa shape index (κ2) is 7.01. The third-order valence-electron chi connectivity index (χ3n) is 2.27. The van der Waals surface area contributed by atoms with E-state index in [1.54, 1.807) is 7.11 Å². The Bertz CT molecular complexity index is 308. The molecule has 1 unspecified atom stereocenters. The van der Waals surface area contributed by atoms with Gasteiger partial charge < -0.3 is 9.47 Å². The highest BCUT2D eigenvalue weighted by molar-refractivity contribution is 5.78. The van der Waals surface area contributed by atoms with E-state index in [1.165, 1.54) is 0 Å². The van der Waals surface area contributed by atoms with Crippen LogP contribution in [0.2, 0.25) is 0 Å². The normalized spacial score (nSPS) is 12.1. The number of esters is 1. The molecule has 0 spiro atoms. The topological polar surface area (TPSA) is 35.5 Å². The Labute approximate surface area is 96.4 Å². The third kappa shape index (κ3) is 3.66. The minimum atomic E-state index is -0.322. The van der Waals surface area contributed by atoms with Gasteiger partial charge in [-0.25, -0.2) is 0 Å². The molecule has 0 amide bonds. The van der Waals surface area contributed by atoms with E-state index in [2.05, 4.69) is 0 Å². The zero-order valence-electron chi connectivity index (χ0n) is 9.81. The van der Waals surface area contributed by atoms with Crippen LogP contribution >= 0.6 is 0 Å². The van der Waals surface area contributed by atoms with Crippen molar-refractivity contribution < 1.29 is 14.3 Å². The van der Waals surface area contributed by atoms with Crippen LogP contribution in [0, 0.1) is 0 Å². The van der Waals surface area contributed by atoms with Crippen LogP contribution in [-0.2, 0) is 14.3 Å². The molecule has 1 rings (SSSR count). The lowest BCUT2D eigenvalue weighted by molar-refractivity contribution is -0.146. The minimum Gasteiger partial charge on any atom is -0.465 e. The molecule has 0 saturated heterocycles. The van der Waals surface area contributed by atoms with Crippen molar-refractivity contribution in [2.75, 3.05) is 20.3 Å². The molecule has 0 radical (unpaired) electrons. The van der Waals surface area contributed by atoms with E-state index in [9.17, 15) is 4.79 Å². The van der Waals surface area contributed by atoms with E-state index in [4.69, 9.17) is 9.47 Å². The first-order valence-electron chi connectivity index (χ1n) is 5.50. The van der Waals surface area contributed by atoms with Gasteiger partial charge in [0.25, 0.3) is 0 Å². The first kappa shape index (κ1) is 12.7. The Kier molecular flexibility index (Phi) is 5.57. The molecule has 0 aliphatic heterocycles. The number of ether oxygens (including phenoxy) is 2. The van der Waals surface area contributed by atoms with Gasteiger partial charge in [0.15, 0.2) is 0 Å². The molecule has 0 fully saturated rings.